The first kappa shape index (κ1) is 20.0. The molecule has 15 heteroatoms. The highest BCUT2D eigenvalue weighted by Crippen LogP contribution is 2.54. The lowest BCUT2D eigenvalue weighted by Gasteiger charge is -2.35. The summed E-state index contributed by atoms with van der Waals surface area (Å²) < 4.78 is 168. The molecule has 0 spiro atoms. The summed E-state index contributed by atoms with van der Waals surface area (Å²) in [7, 11) is 0. The Morgan fingerprint density at radius 3 is 0.905 bits per heavy atom. The van der Waals surface area contributed by atoms with Gasteiger partial charge in [-0.15, -0.1) is 0 Å². The second-order valence-electron chi connectivity index (χ2n) is 3.28. The van der Waals surface area contributed by atoms with Crippen molar-refractivity contribution in [3.05, 3.63) is 0 Å². The molecule has 0 aromatic carbocycles. The summed E-state index contributed by atoms with van der Waals surface area (Å²) in [6, 6.07) is 0. The van der Waals surface area contributed by atoms with E-state index in [0.717, 1.165) is 0 Å². The van der Waals surface area contributed by atoms with Crippen molar-refractivity contribution in [3.63, 3.8) is 0 Å². The minimum atomic E-state index is -7.52. The average molecular weight is 354 g/mol. The van der Waals surface area contributed by atoms with Crippen molar-refractivity contribution in [2.75, 3.05) is 0 Å². The van der Waals surface area contributed by atoms with E-state index in [9.17, 15) is 61.5 Å². The van der Waals surface area contributed by atoms with Crippen molar-refractivity contribution in [2.24, 2.45) is 0 Å². The van der Waals surface area contributed by atoms with Gasteiger partial charge in [-0.25, -0.2) is 0 Å². The second-order valence-corrected chi connectivity index (χ2v) is 3.28. The minimum Gasteiger partial charge on any atom is -0.262 e. The Bertz CT molecular complexity index is 356. The van der Waals surface area contributed by atoms with Crippen LogP contribution in [0.5, 0.6) is 0 Å². The molecule has 0 aliphatic heterocycles. The molecule has 0 radical (unpaired) electrons. The van der Waals surface area contributed by atoms with E-state index in [0.29, 0.717) is 0 Å². The molecule has 0 saturated heterocycles. The smallest absolute Gasteiger partial charge is 0.262 e. The van der Waals surface area contributed by atoms with Gasteiger partial charge in [0.25, 0.3) is 0 Å². The lowest BCUT2D eigenvalue weighted by atomic mass is 10.2. The topological polar surface area (TPSA) is 9.23 Å². The number of halogens is 14. The van der Waals surface area contributed by atoms with E-state index in [-0.39, 0.29) is 0 Å². The van der Waals surface area contributed by atoms with E-state index in [2.05, 4.69) is 0 Å². The van der Waals surface area contributed by atoms with E-state index in [1.165, 1.54) is 4.74 Å². The standard InChI is InChI=1S/C6F14O/c7-1(8,3(10,11)12)6(19,20)21-2(9,4(13,14)15)5(16,17)18. The summed E-state index contributed by atoms with van der Waals surface area (Å²) >= 11 is 0. The highest BCUT2D eigenvalue weighted by atomic mass is 19.4. The molecule has 0 N–H and O–H groups in total. The lowest BCUT2D eigenvalue weighted by molar-refractivity contribution is -0.521. The van der Waals surface area contributed by atoms with Crippen LogP contribution in [0.4, 0.5) is 61.5 Å². The summed E-state index contributed by atoms with van der Waals surface area (Å²) in [5, 5.41) is 0. The molecule has 0 aliphatic carbocycles. The Labute approximate surface area is 104 Å². The van der Waals surface area contributed by atoms with Gasteiger partial charge in [0, 0.05) is 0 Å². The van der Waals surface area contributed by atoms with Crippen molar-refractivity contribution in [3.8, 4) is 0 Å². The van der Waals surface area contributed by atoms with Crippen molar-refractivity contribution < 1.29 is 66.2 Å². The minimum absolute atomic E-state index is 1.23. The van der Waals surface area contributed by atoms with Crippen LogP contribution in [0.3, 0.4) is 0 Å². The molecule has 0 fully saturated rings. The zero-order valence-corrected chi connectivity index (χ0v) is 8.70. The van der Waals surface area contributed by atoms with Crippen LogP contribution in [0.2, 0.25) is 0 Å². The number of hydrogen-bond donors (Lipinski definition) is 0. The van der Waals surface area contributed by atoms with Gasteiger partial charge in [-0.1, -0.05) is 0 Å². The third-order valence-corrected chi connectivity index (χ3v) is 1.72. The maximum atomic E-state index is 12.6. The summed E-state index contributed by atoms with van der Waals surface area (Å²) in [4.78, 5) is 0. The fraction of sp³-hybridized carbons (Fsp3) is 1.00. The first-order valence-electron chi connectivity index (χ1n) is 4.05. The van der Waals surface area contributed by atoms with Gasteiger partial charge in [0.15, 0.2) is 0 Å². The fourth-order valence-electron chi connectivity index (χ4n) is 0.682. The second kappa shape index (κ2) is 4.74. The molecule has 0 aliphatic rings. The molecule has 0 amide bonds. The molecule has 0 saturated carbocycles. The largest absolute Gasteiger partial charge is 0.462 e. The van der Waals surface area contributed by atoms with E-state index in [1.807, 2.05) is 0 Å². The maximum Gasteiger partial charge on any atom is 0.462 e. The quantitative estimate of drug-likeness (QED) is 0.674. The molecule has 0 unspecified atom stereocenters. The van der Waals surface area contributed by atoms with Gasteiger partial charge in [0.2, 0.25) is 0 Å². The highest BCUT2D eigenvalue weighted by molar-refractivity contribution is 4.92. The van der Waals surface area contributed by atoms with E-state index in [4.69, 9.17) is 0 Å². The summed E-state index contributed by atoms with van der Waals surface area (Å²) in [6.07, 6.45) is -29.6. The van der Waals surface area contributed by atoms with Crippen LogP contribution in [0.25, 0.3) is 0 Å². The summed E-state index contributed by atoms with van der Waals surface area (Å²) in [5.41, 5.74) is 0. The average Bonchev–Trinajstić information content (AvgIpc) is 2.10. The van der Waals surface area contributed by atoms with E-state index < -0.39 is 36.4 Å². The Hall–Kier alpha value is -1.02. The number of alkyl halides is 14. The molecular formula is C6F14O. The Morgan fingerprint density at radius 1 is 0.429 bits per heavy atom. The van der Waals surface area contributed by atoms with Crippen LogP contribution in [-0.4, -0.2) is 36.4 Å². The predicted molar refractivity (Wildman–Crippen MR) is 33.0 cm³/mol. The van der Waals surface area contributed by atoms with Crippen LogP contribution in [0.15, 0.2) is 0 Å². The van der Waals surface area contributed by atoms with Gasteiger partial charge < -0.3 is 0 Å². The fourth-order valence-corrected chi connectivity index (χ4v) is 0.682. The molecule has 0 atom stereocenters. The summed E-state index contributed by atoms with van der Waals surface area (Å²) in [5.74, 6) is -15.0. The van der Waals surface area contributed by atoms with Crippen LogP contribution >= 0.6 is 0 Å². The Morgan fingerprint density at radius 2 is 0.714 bits per heavy atom. The van der Waals surface area contributed by atoms with Gasteiger partial charge in [-0.05, 0) is 0 Å². The first-order chi connectivity index (χ1) is 8.71. The molecular weight excluding hydrogens is 354 g/mol. The number of ether oxygens (including phenoxy) is 1. The third-order valence-electron chi connectivity index (χ3n) is 1.72. The molecule has 0 aromatic heterocycles. The van der Waals surface area contributed by atoms with E-state index in [1.54, 1.807) is 0 Å². The molecule has 128 valence electrons. The molecule has 0 rings (SSSR count). The van der Waals surface area contributed by atoms with Crippen LogP contribution in [0, 0.1) is 0 Å². The predicted octanol–water partition coefficient (Wildman–Crippen LogP) is 4.58. The van der Waals surface area contributed by atoms with Gasteiger partial charge >= 0.3 is 36.4 Å². The van der Waals surface area contributed by atoms with Crippen molar-refractivity contribution >= 4 is 0 Å². The lowest BCUT2D eigenvalue weighted by Crippen LogP contribution is -2.63. The number of hydrogen-bond acceptors (Lipinski definition) is 1. The monoisotopic (exact) mass is 354 g/mol. The zero-order valence-electron chi connectivity index (χ0n) is 8.70. The van der Waals surface area contributed by atoms with Crippen LogP contribution < -0.4 is 0 Å². The molecule has 0 heterocycles. The number of rotatable bonds is 3. The SMILES string of the molecule is FC(F)(F)C(F)(F)C(F)(F)OC(F)(C(F)(F)F)C(F)(F)F. The van der Waals surface area contributed by atoms with Gasteiger partial charge in [-0.2, -0.15) is 61.5 Å². The van der Waals surface area contributed by atoms with Gasteiger partial charge in [0.05, 0.1) is 0 Å². The van der Waals surface area contributed by atoms with Crippen molar-refractivity contribution in [2.45, 2.75) is 36.4 Å². The molecule has 1 nitrogen and oxygen atoms in total. The normalized spacial score (nSPS) is 16.3. The van der Waals surface area contributed by atoms with E-state index >= 15 is 0 Å². The third kappa shape index (κ3) is 3.26. The van der Waals surface area contributed by atoms with Gasteiger partial charge in [-0.3, -0.25) is 4.74 Å². The maximum absolute atomic E-state index is 12.6. The van der Waals surface area contributed by atoms with Gasteiger partial charge in [0.1, 0.15) is 0 Å². The van der Waals surface area contributed by atoms with Crippen LogP contribution in [-0.2, 0) is 4.74 Å². The molecule has 0 bridgehead atoms. The zero-order chi connectivity index (χ0) is 17.7. The Kier molecular flexibility index (Phi) is 4.51. The van der Waals surface area contributed by atoms with Crippen molar-refractivity contribution in [1.29, 1.82) is 0 Å². The molecule has 21 heavy (non-hydrogen) atoms. The van der Waals surface area contributed by atoms with Crippen LogP contribution in [0.1, 0.15) is 0 Å². The highest BCUT2D eigenvalue weighted by Gasteiger charge is 2.83. The first-order valence-corrected chi connectivity index (χ1v) is 4.05. The molecule has 0 aromatic rings. The Balaban J connectivity index is 5.89. The summed E-state index contributed by atoms with van der Waals surface area (Å²) in [6.45, 7) is 0. The van der Waals surface area contributed by atoms with Crippen molar-refractivity contribution in [1.82, 2.24) is 0 Å².